The van der Waals surface area contributed by atoms with Gasteiger partial charge in [-0.15, -0.1) is 0 Å². The third-order valence-electron chi connectivity index (χ3n) is 19.7. The third-order valence-corrected chi connectivity index (χ3v) is 26.9. The SMILES string of the molecule is O=S(=O)(c1ccccc1)c1ccc(N(c2ccc(S(=O)(=O)c3ccccc3)cc2)c2cc(-c3ccccc3)c3c(-c4ccccc4)ccc4c5c(N(c6ccc(S(=O)(=O)c7ccccc7)cc6)c6ccc(S(=O)(=O)c7ccccc7)cc6)cc(-c6ccccc6)c6c(-c7ccccc7)ccc(c2c34)c65)cc1. The Morgan fingerprint density at radius 1 is 0.170 bits per heavy atom. The summed E-state index contributed by atoms with van der Waals surface area (Å²) in [5.74, 6) is 0. The van der Waals surface area contributed by atoms with E-state index >= 15 is 0 Å². The summed E-state index contributed by atoms with van der Waals surface area (Å²) >= 11 is 0. The predicted molar refractivity (Wildman–Crippen MR) is 426 cm³/mol. The highest BCUT2D eigenvalue weighted by atomic mass is 32.2. The largest absolute Gasteiger partial charge is 0.310 e. The molecule has 0 atom stereocenters. The predicted octanol–water partition coefficient (Wildman–Crippen LogP) is 22.7. The summed E-state index contributed by atoms with van der Waals surface area (Å²) in [7, 11) is -16.1. The monoisotopic (exact) mass is 1450 g/mol. The summed E-state index contributed by atoms with van der Waals surface area (Å²) in [4.78, 5) is 5.02. The van der Waals surface area contributed by atoms with Crippen molar-refractivity contribution in [2.24, 2.45) is 0 Å². The zero-order valence-corrected chi connectivity index (χ0v) is 59.9. The quantitative estimate of drug-likeness (QED) is 0.0602. The molecule has 0 heterocycles. The number of rotatable bonds is 18. The van der Waals surface area contributed by atoms with E-state index in [1.54, 1.807) is 218 Å². The summed E-state index contributed by atoms with van der Waals surface area (Å²) in [6.45, 7) is 0. The first kappa shape index (κ1) is 66.7. The highest BCUT2D eigenvalue weighted by Crippen LogP contribution is 2.58. The van der Waals surface area contributed by atoms with E-state index in [0.717, 1.165) is 87.6 Å². The minimum absolute atomic E-state index is 0.0731. The van der Waals surface area contributed by atoms with Crippen LogP contribution >= 0.6 is 0 Å². The number of hydrogen-bond acceptors (Lipinski definition) is 10. The van der Waals surface area contributed by atoms with Gasteiger partial charge in [0.05, 0.1) is 50.5 Å². The number of sulfone groups is 4. The molecular formula is C92H62N2O8S4. The molecule has 512 valence electrons. The van der Waals surface area contributed by atoms with Crippen molar-refractivity contribution < 1.29 is 33.7 Å². The zero-order chi connectivity index (χ0) is 72.3. The normalized spacial score (nSPS) is 12.1. The summed E-state index contributed by atoms with van der Waals surface area (Å²) in [5.41, 5.74) is 10.8. The van der Waals surface area contributed by atoms with Gasteiger partial charge in [0.1, 0.15) is 0 Å². The van der Waals surface area contributed by atoms with E-state index in [1.165, 1.54) is 0 Å². The van der Waals surface area contributed by atoms with Crippen LogP contribution < -0.4 is 9.80 Å². The van der Waals surface area contributed by atoms with E-state index in [4.69, 9.17) is 0 Å². The molecule has 0 radical (unpaired) electrons. The molecule has 0 fully saturated rings. The fraction of sp³-hybridized carbons (Fsp3) is 0. The van der Waals surface area contributed by atoms with Crippen LogP contribution in [0.5, 0.6) is 0 Å². The van der Waals surface area contributed by atoms with E-state index < -0.39 is 39.3 Å². The first-order valence-electron chi connectivity index (χ1n) is 34.4. The van der Waals surface area contributed by atoms with E-state index in [9.17, 15) is 33.7 Å². The minimum Gasteiger partial charge on any atom is -0.310 e. The first-order chi connectivity index (χ1) is 51.6. The summed E-state index contributed by atoms with van der Waals surface area (Å²) < 4.78 is 117. The van der Waals surface area contributed by atoms with Crippen molar-refractivity contribution >= 4 is 117 Å². The number of benzene rings is 17. The Morgan fingerprint density at radius 3 is 0.594 bits per heavy atom. The Hall–Kier alpha value is -12.6. The summed E-state index contributed by atoms with van der Waals surface area (Å²) in [6, 6.07) is 115. The molecule has 0 aliphatic carbocycles. The highest BCUT2D eigenvalue weighted by molar-refractivity contribution is 7.92. The molecule has 0 bridgehead atoms. The minimum atomic E-state index is -4.02. The Morgan fingerprint density at radius 2 is 0.368 bits per heavy atom. The van der Waals surface area contributed by atoms with Crippen LogP contribution in [0, 0.1) is 0 Å². The van der Waals surface area contributed by atoms with Crippen molar-refractivity contribution in [2.75, 3.05) is 9.80 Å². The average molecular weight is 1450 g/mol. The van der Waals surface area contributed by atoms with Crippen molar-refractivity contribution in [1.29, 1.82) is 0 Å². The second-order valence-electron chi connectivity index (χ2n) is 25.8. The molecule has 0 saturated heterocycles. The number of nitrogens with zero attached hydrogens (tertiary/aromatic N) is 2. The Kier molecular flexibility index (Phi) is 16.9. The number of hydrogen-bond donors (Lipinski definition) is 0. The van der Waals surface area contributed by atoms with Crippen LogP contribution in [0.2, 0.25) is 0 Å². The topological polar surface area (TPSA) is 143 Å². The Labute approximate surface area is 615 Å². The maximum absolute atomic E-state index is 14.6. The van der Waals surface area contributed by atoms with Crippen LogP contribution in [0.15, 0.2) is 415 Å². The van der Waals surface area contributed by atoms with Gasteiger partial charge in [-0.25, -0.2) is 33.7 Å². The molecule has 17 aromatic rings. The lowest BCUT2D eigenvalue weighted by molar-refractivity contribution is 0.594. The first-order valence-corrected chi connectivity index (χ1v) is 40.3. The lowest BCUT2D eigenvalue weighted by Gasteiger charge is -2.33. The van der Waals surface area contributed by atoms with Crippen molar-refractivity contribution in [3.05, 3.63) is 376 Å². The fourth-order valence-electron chi connectivity index (χ4n) is 14.7. The third kappa shape index (κ3) is 11.6. The van der Waals surface area contributed by atoms with Crippen LogP contribution in [0.4, 0.5) is 34.1 Å². The van der Waals surface area contributed by atoms with Crippen LogP contribution in [0.25, 0.3) is 87.6 Å². The van der Waals surface area contributed by atoms with Gasteiger partial charge in [0.25, 0.3) is 0 Å². The molecule has 0 spiro atoms. The number of anilines is 6. The van der Waals surface area contributed by atoms with Crippen molar-refractivity contribution in [3.8, 4) is 44.5 Å². The van der Waals surface area contributed by atoms with Gasteiger partial charge in [-0.3, -0.25) is 0 Å². The van der Waals surface area contributed by atoms with Gasteiger partial charge in [-0.2, -0.15) is 0 Å². The van der Waals surface area contributed by atoms with Gasteiger partial charge in [-0.1, -0.05) is 218 Å². The van der Waals surface area contributed by atoms with E-state index in [1.807, 2.05) is 72.8 Å². The van der Waals surface area contributed by atoms with Gasteiger partial charge in [-0.05, 0) is 224 Å². The number of fused-ring (bicyclic) bond motifs is 2. The van der Waals surface area contributed by atoms with Crippen molar-refractivity contribution in [2.45, 2.75) is 39.2 Å². The maximum atomic E-state index is 14.6. The molecule has 0 aromatic heterocycles. The molecular weight excluding hydrogens is 1390 g/mol. The van der Waals surface area contributed by atoms with E-state index in [2.05, 4.69) is 94.7 Å². The molecule has 0 saturated carbocycles. The van der Waals surface area contributed by atoms with E-state index in [0.29, 0.717) is 34.1 Å². The fourth-order valence-corrected chi connectivity index (χ4v) is 19.8. The molecule has 0 N–H and O–H groups in total. The summed E-state index contributed by atoms with van der Waals surface area (Å²) in [6.07, 6.45) is 0. The summed E-state index contributed by atoms with van der Waals surface area (Å²) in [5, 5.41) is 6.73. The van der Waals surface area contributed by atoms with Crippen LogP contribution in [-0.2, 0) is 39.3 Å². The molecule has 0 aliphatic heterocycles. The van der Waals surface area contributed by atoms with Gasteiger partial charge in [0.15, 0.2) is 0 Å². The Balaban J connectivity index is 1.05. The lowest BCUT2D eigenvalue weighted by Crippen LogP contribution is -2.14. The van der Waals surface area contributed by atoms with Gasteiger partial charge in [0, 0.05) is 44.3 Å². The van der Waals surface area contributed by atoms with Gasteiger partial charge < -0.3 is 9.80 Å². The molecule has 17 rings (SSSR count). The van der Waals surface area contributed by atoms with Crippen molar-refractivity contribution in [1.82, 2.24) is 0 Å². The molecule has 106 heavy (non-hydrogen) atoms. The molecule has 17 aromatic carbocycles. The molecule has 0 aliphatic rings. The molecule has 14 heteroatoms. The van der Waals surface area contributed by atoms with Gasteiger partial charge in [0.2, 0.25) is 39.3 Å². The Bertz CT molecular complexity index is 6020. The van der Waals surface area contributed by atoms with Crippen LogP contribution in [-0.4, -0.2) is 33.7 Å². The van der Waals surface area contributed by atoms with Crippen LogP contribution in [0.3, 0.4) is 0 Å². The van der Waals surface area contributed by atoms with E-state index in [-0.39, 0.29) is 39.2 Å². The second-order valence-corrected chi connectivity index (χ2v) is 33.6. The smallest absolute Gasteiger partial charge is 0.206 e. The second kappa shape index (κ2) is 26.9. The highest BCUT2D eigenvalue weighted by Gasteiger charge is 2.32. The zero-order valence-electron chi connectivity index (χ0n) is 56.6. The maximum Gasteiger partial charge on any atom is 0.206 e. The molecule has 0 amide bonds. The van der Waals surface area contributed by atoms with Crippen LogP contribution in [0.1, 0.15) is 0 Å². The molecule has 0 unspecified atom stereocenters. The standard InChI is InChI=1S/C92H62N2O8S4/c95-103(96,71-33-17-5-18-34-71)75-49-41-67(42-50-75)93(68-43-51-76(52-44-68)104(97,98)72-35-19-6-20-36-72)85-61-83(65-29-13-3-14-30-65)87-79(63-25-9-1-10-26-63)57-59-81-90-86(62-84(66-31-15-4-16-32-66)88-80(64-27-11-2-12-28-64)58-60-82(92(88)90)89(85)91(81)87)94(69-45-53-77(54-46-69)105(99,100)73-37-21-7-22-38-73)70-47-55-78(56-48-70)106(101,102)74-39-23-8-24-40-74/h1-62H. The van der Waals surface area contributed by atoms with Crippen molar-refractivity contribution in [3.63, 3.8) is 0 Å². The average Bonchev–Trinajstić information content (AvgIpc) is 0.681. The lowest BCUT2D eigenvalue weighted by atomic mass is 9.79. The van der Waals surface area contributed by atoms with Gasteiger partial charge >= 0.3 is 0 Å². The molecule has 10 nitrogen and oxygen atoms in total.